The SMILES string of the molecule is CC1CCC(C)c2c1nc1cc(F)ccc1c2C(=O)O. The quantitative estimate of drug-likeness (QED) is 0.852. The molecule has 1 aliphatic carbocycles. The molecular formula is C16H16FNO2. The lowest BCUT2D eigenvalue weighted by atomic mass is 9.78. The zero-order valence-electron chi connectivity index (χ0n) is 11.5. The number of pyridine rings is 1. The van der Waals surface area contributed by atoms with Crippen molar-refractivity contribution in [1.82, 2.24) is 4.98 Å². The van der Waals surface area contributed by atoms with Gasteiger partial charge < -0.3 is 5.11 Å². The molecule has 1 aromatic heterocycles. The zero-order chi connectivity index (χ0) is 14.4. The minimum absolute atomic E-state index is 0.175. The van der Waals surface area contributed by atoms with Gasteiger partial charge in [0.05, 0.1) is 11.1 Å². The molecule has 0 saturated heterocycles. The normalized spacial score (nSPS) is 21.8. The summed E-state index contributed by atoms with van der Waals surface area (Å²) < 4.78 is 13.4. The lowest BCUT2D eigenvalue weighted by molar-refractivity contribution is 0.0696. The third kappa shape index (κ3) is 1.87. The average molecular weight is 273 g/mol. The van der Waals surface area contributed by atoms with Crippen LogP contribution < -0.4 is 0 Å². The molecule has 2 unspecified atom stereocenters. The number of hydrogen-bond acceptors (Lipinski definition) is 2. The number of rotatable bonds is 1. The first kappa shape index (κ1) is 13.0. The Labute approximate surface area is 116 Å². The molecule has 2 atom stereocenters. The van der Waals surface area contributed by atoms with Crippen LogP contribution in [0.15, 0.2) is 18.2 Å². The average Bonchev–Trinajstić information content (AvgIpc) is 2.40. The Morgan fingerprint density at radius 1 is 1.30 bits per heavy atom. The fourth-order valence-corrected chi connectivity index (χ4v) is 3.16. The first-order valence-corrected chi connectivity index (χ1v) is 6.85. The smallest absolute Gasteiger partial charge is 0.336 e. The number of carboxylic acid groups (broad SMARTS) is 1. The Bertz CT molecular complexity index is 711. The monoisotopic (exact) mass is 273 g/mol. The molecule has 3 rings (SSSR count). The zero-order valence-corrected chi connectivity index (χ0v) is 11.5. The van der Waals surface area contributed by atoms with E-state index in [0.29, 0.717) is 16.5 Å². The number of nitrogens with zero attached hydrogens (tertiary/aromatic N) is 1. The van der Waals surface area contributed by atoms with Crippen molar-refractivity contribution >= 4 is 16.9 Å². The number of carboxylic acids is 1. The van der Waals surface area contributed by atoms with Crippen molar-refractivity contribution in [2.24, 2.45) is 0 Å². The molecule has 0 radical (unpaired) electrons. The van der Waals surface area contributed by atoms with Crippen LogP contribution in [0, 0.1) is 5.82 Å². The van der Waals surface area contributed by atoms with Crippen molar-refractivity contribution in [2.75, 3.05) is 0 Å². The van der Waals surface area contributed by atoms with Gasteiger partial charge in [0.2, 0.25) is 0 Å². The topological polar surface area (TPSA) is 50.2 Å². The Morgan fingerprint density at radius 3 is 2.70 bits per heavy atom. The first-order valence-electron chi connectivity index (χ1n) is 6.85. The molecule has 0 amide bonds. The number of carbonyl (C=O) groups is 1. The fraction of sp³-hybridized carbons (Fsp3) is 0.375. The molecule has 1 N–H and O–H groups in total. The number of fused-ring (bicyclic) bond motifs is 2. The van der Waals surface area contributed by atoms with Gasteiger partial charge in [-0.15, -0.1) is 0 Å². The molecule has 3 nitrogen and oxygen atoms in total. The molecule has 0 fully saturated rings. The molecule has 2 aromatic rings. The van der Waals surface area contributed by atoms with Gasteiger partial charge in [0.1, 0.15) is 5.82 Å². The van der Waals surface area contributed by atoms with Crippen LogP contribution in [0.5, 0.6) is 0 Å². The van der Waals surface area contributed by atoms with E-state index in [4.69, 9.17) is 0 Å². The van der Waals surface area contributed by atoms with E-state index in [2.05, 4.69) is 11.9 Å². The van der Waals surface area contributed by atoms with Gasteiger partial charge in [-0.05, 0) is 42.4 Å². The maximum atomic E-state index is 13.4. The van der Waals surface area contributed by atoms with Crippen LogP contribution in [0.25, 0.3) is 10.9 Å². The lowest BCUT2D eigenvalue weighted by Gasteiger charge is -2.28. The Hall–Kier alpha value is -1.97. The van der Waals surface area contributed by atoms with E-state index in [1.54, 1.807) is 0 Å². The summed E-state index contributed by atoms with van der Waals surface area (Å²) in [5, 5.41) is 10.1. The predicted octanol–water partition coefficient (Wildman–Crippen LogP) is 4.07. The minimum Gasteiger partial charge on any atom is -0.478 e. The highest BCUT2D eigenvalue weighted by atomic mass is 19.1. The molecular weight excluding hydrogens is 257 g/mol. The summed E-state index contributed by atoms with van der Waals surface area (Å²) in [6.45, 7) is 4.09. The van der Waals surface area contributed by atoms with Crippen molar-refractivity contribution in [1.29, 1.82) is 0 Å². The van der Waals surface area contributed by atoms with E-state index >= 15 is 0 Å². The molecule has 104 valence electrons. The van der Waals surface area contributed by atoms with Crippen LogP contribution in [-0.4, -0.2) is 16.1 Å². The van der Waals surface area contributed by atoms with E-state index in [9.17, 15) is 14.3 Å². The van der Waals surface area contributed by atoms with E-state index in [1.807, 2.05) is 6.92 Å². The van der Waals surface area contributed by atoms with E-state index in [1.165, 1.54) is 18.2 Å². The molecule has 20 heavy (non-hydrogen) atoms. The lowest BCUT2D eigenvalue weighted by Crippen LogP contribution is -2.18. The fourth-order valence-electron chi connectivity index (χ4n) is 3.16. The van der Waals surface area contributed by atoms with Crippen LogP contribution in [0.2, 0.25) is 0 Å². The third-order valence-electron chi connectivity index (χ3n) is 4.22. The van der Waals surface area contributed by atoms with Crippen LogP contribution in [0.1, 0.15) is 60.1 Å². The summed E-state index contributed by atoms with van der Waals surface area (Å²) in [6.07, 6.45) is 1.95. The third-order valence-corrected chi connectivity index (χ3v) is 4.22. The molecule has 0 aliphatic heterocycles. The highest BCUT2D eigenvalue weighted by Crippen LogP contribution is 2.41. The van der Waals surface area contributed by atoms with Crippen LogP contribution >= 0.6 is 0 Å². The number of aromatic nitrogens is 1. The molecule has 1 heterocycles. The Balaban J connectivity index is 2.44. The number of hydrogen-bond donors (Lipinski definition) is 1. The largest absolute Gasteiger partial charge is 0.478 e. The summed E-state index contributed by atoms with van der Waals surface area (Å²) in [4.78, 5) is 16.3. The molecule has 0 saturated carbocycles. The highest BCUT2D eigenvalue weighted by molar-refractivity contribution is 6.04. The van der Waals surface area contributed by atoms with Crippen molar-refractivity contribution < 1.29 is 14.3 Å². The molecule has 1 aromatic carbocycles. The summed E-state index contributed by atoms with van der Waals surface area (Å²) >= 11 is 0. The van der Waals surface area contributed by atoms with Gasteiger partial charge in [-0.25, -0.2) is 9.18 Å². The van der Waals surface area contributed by atoms with Crippen LogP contribution in [-0.2, 0) is 0 Å². The predicted molar refractivity (Wildman–Crippen MR) is 74.7 cm³/mol. The van der Waals surface area contributed by atoms with Gasteiger partial charge in [0.25, 0.3) is 0 Å². The second kappa shape index (κ2) is 4.54. The van der Waals surface area contributed by atoms with Gasteiger partial charge in [0, 0.05) is 17.1 Å². The number of aromatic carboxylic acids is 1. The minimum atomic E-state index is -0.957. The van der Waals surface area contributed by atoms with Gasteiger partial charge in [-0.2, -0.15) is 0 Å². The molecule has 0 spiro atoms. The Kier molecular flexibility index (Phi) is 2.96. The molecule has 1 aliphatic rings. The van der Waals surface area contributed by atoms with Crippen molar-refractivity contribution in [2.45, 2.75) is 38.5 Å². The van der Waals surface area contributed by atoms with Gasteiger partial charge in [-0.3, -0.25) is 4.98 Å². The maximum Gasteiger partial charge on any atom is 0.336 e. The first-order chi connectivity index (χ1) is 9.49. The standard InChI is InChI=1S/C16H16FNO2/c1-8-3-4-9(2)15-13(8)14(16(19)20)11-6-5-10(17)7-12(11)18-15/h5-9H,3-4H2,1-2H3,(H,19,20). The van der Waals surface area contributed by atoms with Gasteiger partial charge >= 0.3 is 5.97 Å². The molecule has 0 bridgehead atoms. The second-order valence-electron chi connectivity index (χ2n) is 5.63. The maximum absolute atomic E-state index is 13.4. The number of halogens is 1. The van der Waals surface area contributed by atoms with E-state index < -0.39 is 11.8 Å². The van der Waals surface area contributed by atoms with E-state index in [0.717, 1.165) is 24.1 Å². The summed E-state index contributed by atoms with van der Waals surface area (Å²) in [5.74, 6) is -0.958. The van der Waals surface area contributed by atoms with Gasteiger partial charge in [0.15, 0.2) is 0 Å². The summed E-state index contributed by atoms with van der Waals surface area (Å²) in [5.41, 5.74) is 2.38. The van der Waals surface area contributed by atoms with Gasteiger partial charge in [-0.1, -0.05) is 13.8 Å². The molecule has 4 heteroatoms. The summed E-state index contributed by atoms with van der Waals surface area (Å²) in [6, 6.07) is 4.13. The van der Waals surface area contributed by atoms with Crippen molar-refractivity contribution in [3.05, 3.63) is 40.8 Å². The Morgan fingerprint density at radius 2 is 2.00 bits per heavy atom. The van der Waals surface area contributed by atoms with E-state index in [-0.39, 0.29) is 11.8 Å². The van der Waals surface area contributed by atoms with Crippen molar-refractivity contribution in [3.63, 3.8) is 0 Å². The van der Waals surface area contributed by atoms with Crippen LogP contribution in [0.4, 0.5) is 4.39 Å². The summed E-state index contributed by atoms with van der Waals surface area (Å²) in [7, 11) is 0. The van der Waals surface area contributed by atoms with Crippen molar-refractivity contribution in [3.8, 4) is 0 Å². The van der Waals surface area contributed by atoms with Crippen LogP contribution in [0.3, 0.4) is 0 Å². The second-order valence-corrected chi connectivity index (χ2v) is 5.63. The number of benzene rings is 1. The highest BCUT2D eigenvalue weighted by Gasteiger charge is 2.30.